The zero-order valence-corrected chi connectivity index (χ0v) is 8.83. The maximum atomic E-state index is 12.2. The molecule has 0 saturated heterocycles. The van der Waals surface area contributed by atoms with Crippen LogP contribution in [0.15, 0.2) is 24.3 Å². The molecule has 0 spiro atoms. The molecule has 90 valence electrons. The summed E-state index contributed by atoms with van der Waals surface area (Å²) in [5.74, 6) is 0. The first-order chi connectivity index (χ1) is 7.30. The third-order valence-electron chi connectivity index (χ3n) is 2.36. The molecule has 0 heterocycles. The van der Waals surface area contributed by atoms with Gasteiger partial charge in [-0.2, -0.15) is 13.2 Å². The molecule has 16 heavy (non-hydrogen) atoms. The second kappa shape index (κ2) is 4.84. The SMILES string of the molecule is Cc1ccc([C@H](O)C[C@H](N)C(F)(F)F)cc1. The van der Waals surface area contributed by atoms with Crippen LogP contribution in [0.2, 0.25) is 0 Å². The molecule has 1 aromatic rings. The lowest BCUT2D eigenvalue weighted by Crippen LogP contribution is -2.38. The van der Waals surface area contributed by atoms with Crippen molar-refractivity contribution in [2.24, 2.45) is 5.73 Å². The van der Waals surface area contributed by atoms with E-state index in [1.165, 1.54) is 0 Å². The van der Waals surface area contributed by atoms with Crippen molar-refractivity contribution in [3.8, 4) is 0 Å². The quantitative estimate of drug-likeness (QED) is 0.841. The Balaban J connectivity index is 2.65. The van der Waals surface area contributed by atoms with Crippen LogP contribution in [-0.2, 0) is 0 Å². The fourth-order valence-electron chi connectivity index (χ4n) is 1.30. The summed E-state index contributed by atoms with van der Waals surface area (Å²) in [4.78, 5) is 0. The number of hydrogen-bond acceptors (Lipinski definition) is 2. The van der Waals surface area contributed by atoms with Crippen molar-refractivity contribution in [1.82, 2.24) is 0 Å². The summed E-state index contributed by atoms with van der Waals surface area (Å²) in [5.41, 5.74) is 6.37. The topological polar surface area (TPSA) is 46.2 Å². The Labute approximate surface area is 91.9 Å². The third-order valence-corrected chi connectivity index (χ3v) is 2.36. The lowest BCUT2D eigenvalue weighted by molar-refractivity contribution is -0.153. The highest BCUT2D eigenvalue weighted by Gasteiger charge is 2.37. The van der Waals surface area contributed by atoms with Crippen LogP contribution in [-0.4, -0.2) is 17.3 Å². The van der Waals surface area contributed by atoms with Crippen LogP contribution in [0.25, 0.3) is 0 Å². The van der Waals surface area contributed by atoms with Crippen molar-refractivity contribution in [2.75, 3.05) is 0 Å². The average molecular weight is 233 g/mol. The lowest BCUT2D eigenvalue weighted by atomic mass is 10.0. The molecule has 3 N–H and O–H groups in total. The molecule has 0 aliphatic rings. The van der Waals surface area contributed by atoms with E-state index in [0.29, 0.717) is 5.56 Å². The number of alkyl halides is 3. The first kappa shape index (κ1) is 13.0. The highest BCUT2D eigenvalue weighted by molar-refractivity contribution is 5.23. The zero-order chi connectivity index (χ0) is 12.3. The minimum atomic E-state index is -4.47. The zero-order valence-electron chi connectivity index (χ0n) is 8.83. The minimum Gasteiger partial charge on any atom is -0.388 e. The number of aliphatic hydroxyl groups excluding tert-OH is 1. The Bertz CT molecular complexity index is 334. The van der Waals surface area contributed by atoms with Crippen molar-refractivity contribution in [3.05, 3.63) is 35.4 Å². The standard InChI is InChI=1S/C11H14F3NO/c1-7-2-4-8(5-3-7)9(16)6-10(15)11(12,13)14/h2-5,9-10,16H,6,15H2,1H3/t9-,10+/m1/s1. The second-order valence-corrected chi connectivity index (χ2v) is 3.81. The highest BCUT2D eigenvalue weighted by atomic mass is 19.4. The first-order valence-corrected chi connectivity index (χ1v) is 4.87. The summed E-state index contributed by atoms with van der Waals surface area (Å²) >= 11 is 0. The second-order valence-electron chi connectivity index (χ2n) is 3.81. The van der Waals surface area contributed by atoms with E-state index in [-0.39, 0.29) is 0 Å². The van der Waals surface area contributed by atoms with E-state index in [1.807, 2.05) is 6.92 Å². The molecule has 5 heteroatoms. The van der Waals surface area contributed by atoms with Crippen molar-refractivity contribution >= 4 is 0 Å². The summed E-state index contributed by atoms with van der Waals surface area (Å²) in [5, 5.41) is 9.57. The molecule has 0 bridgehead atoms. The minimum absolute atomic E-state index is 0.449. The molecule has 1 aromatic carbocycles. The summed E-state index contributed by atoms with van der Waals surface area (Å²) in [6.07, 6.45) is -6.17. The molecular weight excluding hydrogens is 219 g/mol. The molecule has 0 aliphatic heterocycles. The molecule has 0 aromatic heterocycles. The van der Waals surface area contributed by atoms with Gasteiger partial charge in [-0.15, -0.1) is 0 Å². The summed E-state index contributed by atoms with van der Waals surface area (Å²) < 4.78 is 36.5. The van der Waals surface area contributed by atoms with Gasteiger partial charge >= 0.3 is 6.18 Å². The van der Waals surface area contributed by atoms with Gasteiger partial charge in [0, 0.05) is 6.42 Å². The van der Waals surface area contributed by atoms with Crippen molar-refractivity contribution in [1.29, 1.82) is 0 Å². The van der Waals surface area contributed by atoms with E-state index in [9.17, 15) is 18.3 Å². The smallest absolute Gasteiger partial charge is 0.388 e. The molecule has 2 atom stereocenters. The number of aryl methyl sites for hydroxylation is 1. The molecular formula is C11H14F3NO. The van der Waals surface area contributed by atoms with Gasteiger partial charge in [0.2, 0.25) is 0 Å². The van der Waals surface area contributed by atoms with Gasteiger partial charge < -0.3 is 10.8 Å². The van der Waals surface area contributed by atoms with Gasteiger partial charge in [0.1, 0.15) is 6.04 Å². The number of benzene rings is 1. The lowest BCUT2D eigenvalue weighted by Gasteiger charge is -2.19. The summed E-state index contributed by atoms with van der Waals surface area (Å²) in [6.45, 7) is 1.86. The molecule has 0 aliphatic carbocycles. The largest absolute Gasteiger partial charge is 0.403 e. The van der Waals surface area contributed by atoms with Gasteiger partial charge in [-0.3, -0.25) is 0 Å². The predicted molar refractivity (Wildman–Crippen MR) is 54.8 cm³/mol. The van der Waals surface area contributed by atoms with Gasteiger partial charge in [-0.25, -0.2) is 0 Å². The van der Waals surface area contributed by atoms with Gasteiger partial charge in [-0.05, 0) is 12.5 Å². The van der Waals surface area contributed by atoms with Gasteiger partial charge in [0.15, 0.2) is 0 Å². The molecule has 0 fully saturated rings. The van der Waals surface area contributed by atoms with Crippen molar-refractivity contribution < 1.29 is 18.3 Å². The van der Waals surface area contributed by atoms with Crippen LogP contribution in [0.1, 0.15) is 23.7 Å². The molecule has 1 rings (SSSR count). The number of nitrogens with two attached hydrogens (primary N) is 1. The Morgan fingerprint density at radius 2 is 1.75 bits per heavy atom. The van der Waals surface area contributed by atoms with E-state index < -0.39 is 24.7 Å². The maximum absolute atomic E-state index is 12.2. The number of rotatable bonds is 3. The van der Waals surface area contributed by atoms with E-state index in [4.69, 9.17) is 5.73 Å². The molecule has 0 saturated carbocycles. The van der Waals surface area contributed by atoms with Crippen LogP contribution in [0.3, 0.4) is 0 Å². The fraction of sp³-hybridized carbons (Fsp3) is 0.455. The predicted octanol–water partition coefficient (Wildman–Crippen LogP) is 2.31. The molecule has 0 amide bonds. The Morgan fingerprint density at radius 3 is 2.19 bits per heavy atom. The van der Waals surface area contributed by atoms with Crippen molar-refractivity contribution in [3.63, 3.8) is 0 Å². The van der Waals surface area contributed by atoms with Gasteiger partial charge in [0.05, 0.1) is 6.10 Å². The van der Waals surface area contributed by atoms with Gasteiger partial charge in [0.25, 0.3) is 0 Å². The molecule has 2 nitrogen and oxygen atoms in total. The number of halogens is 3. The number of aliphatic hydroxyl groups is 1. The van der Waals surface area contributed by atoms with Crippen LogP contribution >= 0.6 is 0 Å². The van der Waals surface area contributed by atoms with Crippen LogP contribution in [0, 0.1) is 6.92 Å². The third kappa shape index (κ3) is 3.50. The van der Waals surface area contributed by atoms with E-state index in [1.54, 1.807) is 24.3 Å². The van der Waals surface area contributed by atoms with Crippen LogP contribution in [0.4, 0.5) is 13.2 Å². The maximum Gasteiger partial charge on any atom is 0.403 e. The van der Waals surface area contributed by atoms with Crippen LogP contribution in [0.5, 0.6) is 0 Å². The van der Waals surface area contributed by atoms with E-state index >= 15 is 0 Å². The molecule has 0 radical (unpaired) electrons. The van der Waals surface area contributed by atoms with E-state index in [0.717, 1.165) is 5.56 Å². The monoisotopic (exact) mass is 233 g/mol. The summed E-state index contributed by atoms with van der Waals surface area (Å²) in [6, 6.07) is 4.67. The average Bonchev–Trinajstić information content (AvgIpc) is 2.17. The Kier molecular flexibility index (Phi) is 3.93. The van der Waals surface area contributed by atoms with E-state index in [2.05, 4.69) is 0 Å². The van der Waals surface area contributed by atoms with Crippen molar-refractivity contribution in [2.45, 2.75) is 31.7 Å². The molecule has 0 unspecified atom stereocenters. The Morgan fingerprint density at radius 1 is 1.25 bits per heavy atom. The van der Waals surface area contributed by atoms with Gasteiger partial charge in [-0.1, -0.05) is 29.8 Å². The van der Waals surface area contributed by atoms with Crippen LogP contribution < -0.4 is 5.73 Å². The summed E-state index contributed by atoms with van der Waals surface area (Å²) in [7, 11) is 0. The first-order valence-electron chi connectivity index (χ1n) is 4.87. The fourth-order valence-corrected chi connectivity index (χ4v) is 1.30. The highest BCUT2D eigenvalue weighted by Crippen LogP contribution is 2.26. The Hall–Kier alpha value is -1.07. The normalized spacial score (nSPS) is 15.9. The number of hydrogen-bond donors (Lipinski definition) is 2.